The number of fused-ring (bicyclic) bond motifs is 1. The number of carbonyl (C=O) groups is 1. The first-order chi connectivity index (χ1) is 16.6. The Morgan fingerprint density at radius 1 is 0.941 bits per heavy atom. The van der Waals surface area contributed by atoms with E-state index in [1.54, 1.807) is 16.7 Å². The van der Waals surface area contributed by atoms with Crippen LogP contribution in [-0.2, 0) is 6.54 Å². The molecule has 0 saturated heterocycles. The lowest BCUT2D eigenvalue weighted by atomic mass is 10.2. The van der Waals surface area contributed by atoms with Crippen LogP contribution in [0.4, 0.5) is 5.69 Å². The second-order valence-corrected chi connectivity index (χ2v) is 7.96. The highest BCUT2D eigenvalue weighted by molar-refractivity contribution is 5.98. The van der Waals surface area contributed by atoms with Gasteiger partial charge in [-0.25, -0.2) is 0 Å². The smallest absolute Gasteiger partial charge is 0.299 e. The Kier molecular flexibility index (Phi) is 7.22. The second-order valence-electron chi connectivity index (χ2n) is 7.96. The Labute approximate surface area is 198 Å². The van der Waals surface area contributed by atoms with E-state index >= 15 is 0 Å². The molecule has 0 aliphatic heterocycles. The summed E-state index contributed by atoms with van der Waals surface area (Å²) in [6.45, 7) is 3.15. The van der Waals surface area contributed by atoms with Crippen molar-refractivity contribution < 1.29 is 19.7 Å². The molecule has 0 fully saturated rings. The number of amides is 1. The van der Waals surface area contributed by atoms with Crippen LogP contribution in [0.5, 0.6) is 17.4 Å². The predicted molar refractivity (Wildman–Crippen MR) is 131 cm³/mol. The van der Waals surface area contributed by atoms with Crippen molar-refractivity contribution in [3.8, 4) is 17.4 Å². The zero-order valence-corrected chi connectivity index (χ0v) is 19.0. The molecule has 1 aromatic heterocycles. The molecule has 0 radical (unpaired) electrons. The summed E-state index contributed by atoms with van der Waals surface area (Å²) >= 11 is 0. The van der Waals surface area contributed by atoms with Gasteiger partial charge in [-0.2, -0.15) is 0 Å². The molecule has 174 valence electrons. The predicted octanol–water partition coefficient (Wildman–Crippen LogP) is 6.59. The highest BCUT2D eigenvalue weighted by Crippen LogP contribution is 2.40. The minimum Gasteiger partial charge on any atom is -0.507 e. The Hall–Kier alpha value is -4.13. The van der Waals surface area contributed by atoms with E-state index < -0.39 is 5.91 Å². The van der Waals surface area contributed by atoms with Crippen molar-refractivity contribution in [2.75, 3.05) is 6.61 Å². The van der Waals surface area contributed by atoms with E-state index in [9.17, 15) is 15.0 Å². The van der Waals surface area contributed by atoms with Gasteiger partial charge in [0, 0.05) is 10.9 Å². The maximum Gasteiger partial charge on any atom is 0.299 e. The number of para-hydroxylation sites is 3. The van der Waals surface area contributed by atoms with Gasteiger partial charge in [0.1, 0.15) is 11.5 Å². The van der Waals surface area contributed by atoms with Crippen LogP contribution in [0.2, 0.25) is 0 Å². The number of nitrogens with zero attached hydrogens (tertiary/aromatic N) is 3. The Bertz CT molecular complexity index is 1330. The third kappa shape index (κ3) is 4.93. The molecule has 0 bridgehead atoms. The Balaban J connectivity index is 1.66. The van der Waals surface area contributed by atoms with E-state index in [-0.39, 0.29) is 22.9 Å². The number of phenolic OH excluding ortho intramolecular Hbond substituents is 1. The van der Waals surface area contributed by atoms with Crippen molar-refractivity contribution in [2.24, 2.45) is 10.2 Å². The number of rotatable bonds is 9. The highest BCUT2D eigenvalue weighted by Gasteiger charge is 2.19. The molecule has 4 aromatic rings. The molecule has 3 aromatic carbocycles. The van der Waals surface area contributed by atoms with Gasteiger partial charge in [-0.05, 0) is 30.7 Å². The van der Waals surface area contributed by atoms with Gasteiger partial charge in [0.2, 0.25) is 5.88 Å². The highest BCUT2D eigenvalue weighted by atomic mass is 16.5. The van der Waals surface area contributed by atoms with Crippen molar-refractivity contribution in [2.45, 2.75) is 32.7 Å². The number of hydrogen-bond acceptors (Lipinski definition) is 5. The molecule has 0 saturated carbocycles. The van der Waals surface area contributed by atoms with Gasteiger partial charge in [0.05, 0.1) is 24.2 Å². The molecule has 0 aliphatic carbocycles. The van der Waals surface area contributed by atoms with E-state index in [4.69, 9.17) is 4.74 Å². The lowest BCUT2D eigenvalue weighted by Gasteiger charge is -2.13. The van der Waals surface area contributed by atoms with Gasteiger partial charge in [0.15, 0.2) is 5.69 Å². The van der Waals surface area contributed by atoms with Gasteiger partial charge in [-0.3, -0.25) is 4.79 Å². The Morgan fingerprint density at radius 3 is 2.50 bits per heavy atom. The van der Waals surface area contributed by atoms with Crippen molar-refractivity contribution in [1.82, 2.24) is 4.57 Å². The molecular weight excluding hydrogens is 430 g/mol. The third-order valence-electron chi connectivity index (χ3n) is 5.60. The van der Waals surface area contributed by atoms with Crippen molar-refractivity contribution in [3.63, 3.8) is 0 Å². The molecule has 4 rings (SSSR count). The number of phenols is 1. The maximum absolute atomic E-state index is 12.5. The number of aromatic hydroxyl groups is 2. The molecule has 2 N–H and O–H groups in total. The summed E-state index contributed by atoms with van der Waals surface area (Å²) < 4.78 is 7.73. The van der Waals surface area contributed by atoms with E-state index in [0.29, 0.717) is 18.5 Å². The summed E-state index contributed by atoms with van der Waals surface area (Å²) in [5, 5.41) is 29.4. The first-order valence-corrected chi connectivity index (χ1v) is 11.3. The lowest BCUT2D eigenvalue weighted by Crippen LogP contribution is -2.04. The molecule has 1 amide bonds. The van der Waals surface area contributed by atoms with Crippen molar-refractivity contribution >= 4 is 22.5 Å². The number of azo groups is 1. The van der Waals surface area contributed by atoms with Gasteiger partial charge in [-0.15, -0.1) is 10.2 Å². The summed E-state index contributed by atoms with van der Waals surface area (Å²) in [4.78, 5) is 12.5. The molecule has 34 heavy (non-hydrogen) atoms. The number of benzene rings is 3. The largest absolute Gasteiger partial charge is 0.507 e. The van der Waals surface area contributed by atoms with Crippen LogP contribution in [0.3, 0.4) is 0 Å². The number of ether oxygens (including phenoxy) is 1. The molecule has 1 heterocycles. The first kappa shape index (κ1) is 23.0. The quantitative estimate of drug-likeness (QED) is 0.219. The summed E-state index contributed by atoms with van der Waals surface area (Å²) in [5.41, 5.74) is 1.91. The topological polar surface area (TPSA) is 96.4 Å². The van der Waals surface area contributed by atoms with Gasteiger partial charge in [-0.1, -0.05) is 68.3 Å². The number of hydrogen-bond donors (Lipinski definition) is 2. The Morgan fingerprint density at radius 2 is 1.68 bits per heavy atom. The van der Waals surface area contributed by atoms with Gasteiger partial charge in [0.25, 0.3) is 5.91 Å². The van der Waals surface area contributed by atoms with Crippen molar-refractivity contribution in [1.29, 1.82) is 0 Å². The zero-order chi connectivity index (χ0) is 23.9. The van der Waals surface area contributed by atoms with Gasteiger partial charge < -0.3 is 19.5 Å². The molecule has 0 aliphatic rings. The zero-order valence-electron chi connectivity index (χ0n) is 19.0. The summed E-state index contributed by atoms with van der Waals surface area (Å²) in [7, 11) is 0. The average Bonchev–Trinajstić information content (AvgIpc) is 3.12. The molecule has 7 heteroatoms. The fourth-order valence-electron chi connectivity index (χ4n) is 3.81. The lowest BCUT2D eigenvalue weighted by molar-refractivity contribution is 0.0992. The van der Waals surface area contributed by atoms with Crippen molar-refractivity contribution in [3.05, 3.63) is 83.9 Å². The van der Waals surface area contributed by atoms with E-state index in [0.717, 1.165) is 36.1 Å². The molecule has 0 spiro atoms. The van der Waals surface area contributed by atoms with E-state index in [1.165, 1.54) is 12.1 Å². The molecule has 0 atom stereocenters. The normalized spacial score (nSPS) is 11.3. The minimum atomic E-state index is -0.694. The van der Waals surface area contributed by atoms with Gasteiger partial charge >= 0.3 is 0 Å². The van der Waals surface area contributed by atoms with E-state index in [2.05, 4.69) is 17.2 Å². The minimum absolute atomic E-state index is 0.0450. The van der Waals surface area contributed by atoms with Crippen LogP contribution in [0.15, 0.2) is 83.0 Å². The molecule has 7 nitrogen and oxygen atoms in total. The van der Waals surface area contributed by atoms with Crippen LogP contribution in [0.25, 0.3) is 10.9 Å². The van der Waals surface area contributed by atoms with Crippen LogP contribution in [0.1, 0.15) is 42.1 Å². The fraction of sp³-hybridized carbons (Fsp3) is 0.222. The monoisotopic (exact) mass is 457 g/mol. The SMILES string of the molecule is CCCCCOc1ccccc1Cn1c(O)c(N=NC(=O)c2ccccc2O)c2ccccc21. The molecule has 0 unspecified atom stereocenters. The molecular formula is C27H27N3O4. The first-order valence-electron chi connectivity index (χ1n) is 11.3. The van der Waals surface area contributed by atoms with Crippen LogP contribution >= 0.6 is 0 Å². The van der Waals surface area contributed by atoms with Crippen LogP contribution in [-0.4, -0.2) is 27.3 Å². The standard InChI is InChI=1S/C27H27N3O4/c1-2-3-10-17-34-24-16-9-4-11-19(24)18-30-22-14-7-5-12-20(22)25(27(30)33)28-29-26(32)21-13-6-8-15-23(21)31/h4-9,11-16,31,33H,2-3,10,17-18H2,1H3. The number of carbonyl (C=O) groups excluding carboxylic acids is 1. The number of aromatic nitrogens is 1. The number of unbranched alkanes of at least 4 members (excludes halogenated alkanes) is 2. The maximum atomic E-state index is 12.5. The fourth-order valence-corrected chi connectivity index (χ4v) is 3.81. The third-order valence-corrected chi connectivity index (χ3v) is 5.60. The summed E-state index contributed by atoms with van der Waals surface area (Å²) in [5.74, 6) is -0.196. The summed E-state index contributed by atoms with van der Waals surface area (Å²) in [6, 6.07) is 21.3. The second kappa shape index (κ2) is 10.7. The average molecular weight is 458 g/mol. The van der Waals surface area contributed by atoms with E-state index in [1.807, 2.05) is 48.5 Å². The van der Waals surface area contributed by atoms with Crippen LogP contribution < -0.4 is 4.74 Å². The van der Waals surface area contributed by atoms with Crippen LogP contribution in [0, 0.1) is 0 Å². The summed E-state index contributed by atoms with van der Waals surface area (Å²) in [6.07, 6.45) is 3.22.